The molecule has 0 atom stereocenters. The fourth-order valence-corrected chi connectivity index (χ4v) is 7.98. The zero-order valence-corrected chi connectivity index (χ0v) is 26.7. The Morgan fingerprint density at radius 1 is 0.646 bits per heavy atom. The molecule has 8 aromatic rings. The van der Waals surface area contributed by atoms with Crippen molar-refractivity contribution in [3.05, 3.63) is 199 Å². The molecule has 0 spiro atoms. The van der Waals surface area contributed by atoms with E-state index in [1.807, 2.05) is 12.2 Å². The standard InChI is InChI=1S/C45H33N3/c1-3-4-7-17-31(2)47-42-27-15-13-25-39(42)46-44(47)32-28-29-40-36(30-32)35-22-16-24-38-43(35)48(40)41-26-14-12-23-37(41)45(38,33-18-8-5-9-19-33)34-20-10-6-11-21-34/h3-30H,1H2,2H3. The molecule has 3 heterocycles. The number of benzene rings is 6. The summed E-state index contributed by atoms with van der Waals surface area (Å²) in [5, 5.41) is 2.45. The van der Waals surface area contributed by atoms with Crippen molar-refractivity contribution in [1.82, 2.24) is 14.1 Å². The first-order valence-corrected chi connectivity index (χ1v) is 16.4. The number of hydrogen-bond acceptors (Lipinski definition) is 1. The quantitative estimate of drug-likeness (QED) is 0.171. The van der Waals surface area contributed by atoms with E-state index < -0.39 is 5.41 Å². The Morgan fingerprint density at radius 2 is 1.33 bits per heavy atom. The van der Waals surface area contributed by atoms with Crippen molar-refractivity contribution in [3.8, 4) is 17.1 Å². The molecule has 0 amide bonds. The van der Waals surface area contributed by atoms with Gasteiger partial charge in [-0.15, -0.1) is 0 Å². The molecule has 0 fully saturated rings. The molecule has 0 unspecified atom stereocenters. The van der Waals surface area contributed by atoms with Crippen LogP contribution in [0.1, 0.15) is 29.2 Å². The first-order valence-electron chi connectivity index (χ1n) is 16.4. The maximum atomic E-state index is 5.19. The highest BCUT2D eigenvalue weighted by atomic mass is 15.1. The Hall–Kier alpha value is -6.19. The van der Waals surface area contributed by atoms with E-state index in [2.05, 4.69) is 174 Å². The van der Waals surface area contributed by atoms with E-state index >= 15 is 0 Å². The van der Waals surface area contributed by atoms with Crippen molar-refractivity contribution in [2.24, 2.45) is 0 Å². The second-order valence-corrected chi connectivity index (χ2v) is 12.5. The Labute approximate surface area is 280 Å². The summed E-state index contributed by atoms with van der Waals surface area (Å²) in [5.41, 5.74) is 12.5. The summed E-state index contributed by atoms with van der Waals surface area (Å²) in [7, 11) is 0. The summed E-state index contributed by atoms with van der Waals surface area (Å²) >= 11 is 0. The molecule has 0 radical (unpaired) electrons. The number of rotatable bonds is 6. The number of allylic oxidation sites excluding steroid dienone is 5. The van der Waals surface area contributed by atoms with E-state index in [-0.39, 0.29) is 0 Å². The van der Waals surface area contributed by atoms with Gasteiger partial charge >= 0.3 is 0 Å². The van der Waals surface area contributed by atoms with E-state index in [9.17, 15) is 0 Å². The van der Waals surface area contributed by atoms with Crippen LogP contribution in [0.15, 0.2) is 176 Å². The fourth-order valence-electron chi connectivity index (χ4n) is 7.98. The van der Waals surface area contributed by atoms with Crippen LogP contribution < -0.4 is 0 Å². The van der Waals surface area contributed by atoms with Crippen LogP contribution in [0.4, 0.5) is 0 Å². The summed E-state index contributed by atoms with van der Waals surface area (Å²) in [4.78, 5) is 5.19. The highest BCUT2D eigenvalue weighted by molar-refractivity contribution is 6.13. The maximum absolute atomic E-state index is 5.19. The van der Waals surface area contributed by atoms with Crippen molar-refractivity contribution in [2.75, 3.05) is 0 Å². The number of fused-ring (bicyclic) bond motifs is 6. The highest BCUT2D eigenvalue weighted by Gasteiger charge is 2.45. The molecule has 1 aliphatic heterocycles. The van der Waals surface area contributed by atoms with Crippen molar-refractivity contribution in [1.29, 1.82) is 0 Å². The lowest BCUT2D eigenvalue weighted by molar-refractivity contribution is 0.728. The molecule has 0 saturated heterocycles. The van der Waals surface area contributed by atoms with E-state index in [0.29, 0.717) is 0 Å². The van der Waals surface area contributed by atoms with Gasteiger partial charge in [0.15, 0.2) is 0 Å². The van der Waals surface area contributed by atoms with Crippen molar-refractivity contribution < 1.29 is 0 Å². The number of nitrogens with zero attached hydrogens (tertiary/aromatic N) is 3. The first kappa shape index (κ1) is 28.1. The van der Waals surface area contributed by atoms with E-state index in [1.165, 1.54) is 49.7 Å². The summed E-state index contributed by atoms with van der Waals surface area (Å²) < 4.78 is 4.75. The SMILES string of the molecule is C=CC=CC=C(C)n1c(-c2ccc3c(c2)c2cccc4c2n3-c2ccccc2C4(c2ccccc2)c2ccccc2)nc2ccccc21. The van der Waals surface area contributed by atoms with Gasteiger partial charge in [-0.2, -0.15) is 0 Å². The van der Waals surface area contributed by atoms with Crippen LogP contribution in [0.25, 0.3) is 55.6 Å². The van der Waals surface area contributed by atoms with Gasteiger partial charge in [0.25, 0.3) is 0 Å². The molecule has 48 heavy (non-hydrogen) atoms. The molecule has 0 N–H and O–H groups in total. The van der Waals surface area contributed by atoms with Crippen molar-refractivity contribution in [3.63, 3.8) is 0 Å². The molecule has 0 aliphatic carbocycles. The van der Waals surface area contributed by atoms with Gasteiger partial charge in [-0.25, -0.2) is 4.98 Å². The lowest BCUT2D eigenvalue weighted by Gasteiger charge is -2.41. The Morgan fingerprint density at radius 3 is 2.10 bits per heavy atom. The third-order valence-electron chi connectivity index (χ3n) is 9.91. The van der Waals surface area contributed by atoms with E-state index in [0.717, 1.165) is 28.1 Å². The van der Waals surface area contributed by atoms with E-state index in [4.69, 9.17) is 4.98 Å². The van der Waals surface area contributed by atoms with Crippen LogP contribution in [-0.4, -0.2) is 14.1 Å². The molecule has 0 saturated carbocycles. The van der Waals surface area contributed by atoms with Gasteiger partial charge in [0, 0.05) is 22.0 Å². The smallest absolute Gasteiger partial charge is 0.145 e. The summed E-state index contributed by atoms with van der Waals surface area (Å²) in [6.45, 7) is 5.96. The fraction of sp³-hybridized carbons (Fsp3) is 0.0444. The molecule has 1 aliphatic rings. The number of aromatic nitrogens is 3. The molecule has 6 aromatic carbocycles. The molecule has 9 rings (SSSR count). The van der Waals surface area contributed by atoms with Gasteiger partial charge in [-0.1, -0.05) is 134 Å². The second kappa shape index (κ2) is 11.0. The Balaban J connectivity index is 1.37. The first-order chi connectivity index (χ1) is 23.7. The predicted octanol–water partition coefficient (Wildman–Crippen LogP) is 11.1. The molecule has 3 heteroatoms. The maximum Gasteiger partial charge on any atom is 0.145 e. The van der Waals surface area contributed by atoms with Crippen LogP contribution >= 0.6 is 0 Å². The Kier molecular flexibility index (Phi) is 6.41. The van der Waals surface area contributed by atoms with Crippen LogP contribution in [-0.2, 0) is 5.41 Å². The van der Waals surface area contributed by atoms with Crippen LogP contribution in [0, 0.1) is 0 Å². The topological polar surface area (TPSA) is 22.8 Å². The average Bonchev–Trinajstić information content (AvgIpc) is 3.70. The molecule has 0 bridgehead atoms. The molecule has 2 aromatic heterocycles. The van der Waals surface area contributed by atoms with Crippen LogP contribution in [0.3, 0.4) is 0 Å². The van der Waals surface area contributed by atoms with Gasteiger partial charge in [0.1, 0.15) is 5.82 Å². The lowest BCUT2D eigenvalue weighted by atomic mass is 9.63. The number of hydrogen-bond donors (Lipinski definition) is 0. The monoisotopic (exact) mass is 615 g/mol. The van der Waals surface area contributed by atoms with Gasteiger partial charge in [0.05, 0.1) is 33.2 Å². The highest BCUT2D eigenvalue weighted by Crippen LogP contribution is 2.54. The summed E-state index contributed by atoms with van der Waals surface area (Å²) in [5.74, 6) is 0.925. The third-order valence-corrected chi connectivity index (χ3v) is 9.91. The predicted molar refractivity (Wildman–Crippen MR) is 201 cm³/mol. The summed E-state index contributed by atoms with van der Waals surface area (Å²) in [6, 6.07) is 53.0. The van der Waals surface area contributed by atoms with Gasteiger partial charge in [0.2, 0.25) is 0 Å². The Bertz CT molecular complexity index is 2540. The van der Waals surface area contributed by atoms with E-state index in [1.54, 1.807) is 6.08 Å². The number of imidazole rings is 1. The number of para-hydroxylation sites is 4. The minimum absolute atomic E-state index is 0.485. The lowest BCUT2D eigenvalue weighted by Crippen LogP contribution is -2.35. The molecular weight excluding hydrogens is 583 g/mol. The normalized spacial score (nSPS) is 13.8. The zero-order valence-electron chi connectivity index (χ0n) is 26.7. The minimum atomic E-state index is -0.485. The van der Waals surface area contributed by atoms with Crippen molar-refractivity contribution >= 4 is 38.5 Å². The van der Waals surface area contributed by atoms with Gasteiger partial charge in [-0.05, 0) is 71.7 Å². The zero-order chi connectivity index (χ0) is 32.2. The summed E-state index contributed by atoms with van der Waals surface area (Å²) in [6.07, 6.45) is 7.88. The molecule has 228 valence electrons. The third kappa shape index (κ3) is 3.91. The average molecular weight is 616 g/mol. The van der Waals surface area contributed by atoms with Crippen LogP contribution in [0.2, 0.25) is 0 Å². The molecule has 3 nitrogen and oxygen atoms in total. The van der Waals surface area contributed by atoms with Gasteiger partial charge < -0.3 is 4.57 Å². The van der Waals surface area contributed by atoms with Crippen molar-refractivity contribution in [2.45, 2.75) is 12.3 Å². The second-order valence-electron chi connectivity index (χ2n) is 12.5. The molecular formula is C45H33N3. The minimum Gasteiger partial charge on any atom is -0.309 e. The largest absolute Gasteiger partial charge is 0.309 e. The van der Waals surface area contributed by atoms with Crippen LogP contribution in [0.5, 0.6) is 0 Å². The van der Waals surface area contributed by atoms with Gasteiger partial charge in [-0.3, -0.25) is 4.57 Å².